The van der Waals surface area contributed by atoms with Crippen molar-refractivity contribution in [1.29, 1.82) is 0 Å². The normalized spacial score (nSPS) is 23.8. The summed E-state index contributed by atoms with van der Waals surface area (Å²) in [7, 11) is -5.84. The number of methoxy groups -OCH3 is 1. The number of halogens is 1. The number of hydrogen-bond donors (Lipinski definition) is 5. The van der Waals surface area contributed by atoms with Crippen molar-refractivity contribution in [2.24, 2.45) is 0 Å². The molecule has 1 aromatic carbocycles. The van der Waals surface area contributed by atoms with E-state index in [1.54, 1.807) is 0 Å². The molecule has 0 spiro atoms. The van der Waals surface area contributed by atoms with E-state index in [0.717, 1.165) is 18.4 Å². The average molecular weight is 679 g/mol. The van der Waals surface area contributed by atoms with Crippen molar-refractivity contribution in [3.05, 3.63) is 35.6 Å². The predicted octanol–water partition coefficient (Wildman–Crippen LogP) is 0.674. The van der Waals surface area contributed by atoms with E-state index in [0.29, 0.717) is 5.02 Å². The summed E-state index contributed by atoms with van der Waals surface area (Å²) in [6, 6.07) is 5.71. The maximum Gasteiger partial charge on any atom is 0.462 e. The van der Waals surface area contributed by atoms with Crippen molar-refractivity contribution in [2.75, 3.05) is 31.2 Å². The number of nitrogens with two attached hydrogens (primary N) is 1. The minimum atomic E-state index is -4.62. The van der Waals surface area contributed by atoms with Crippen LogP contribution in [-0.2, 0) is 33.4 Å². The molecule has 44 heavy (non-hydrogen) atoms. The van der Waals surface area contributed by atoms with Crippen molar-refractivity contribution < 1.29 is 46.5 Å². The third-order valence-electron chi connectivity index (χ3n) is 6.31. The number of sulfonamides is 1. The smallest absolute Gasteiger partial charge is 0.462 e. The van der Waals surface area contributed by atoms with E-state index in [1.165, 1.54) is 63.0 Å². The average Bonchev–Trinajstić information content (AvgIpc) is 3.40. The van der Waals surface area contributed by atoms with Gasteiger partial charge in [0.15, 0.2) is 23.2 Å². The molecule has 21 heteroatoms. The number of esters is 1. The van der Waals surface area contributed by atoms with E-state index < -0.39 is 53.5 Å². The number of nitrogens with one attached hydrogen (secondary N) is 2. The van der Waals surface area contributed by atoms with Gasteiger partial charge in [-0.05, 0) is 45.0 Å². The highest BCUT2D eigenvalue weighted by molar-refractivity contribution is 7.88. The molecule has 2 aromatic heterocycles. The lowest BCUT2D eigenvalue weighted by Crippen LogP contribution is -2.48. The molecule has 3 heterocycles. The quantitative estimate of drug-likeness (QED) is 0.106. The van der Waals surface area contributed by atoms with Gasteiger partial charge < -0.3 is 29.9 Å². The zero-order chi connectivity index (χ0) is 32.8. The predicted molar refractivity (Wildman–Crippen MR) is 157 cm³/mol. The van der Waals surface area contributed by atoms with Gasteiger partial charge >= 0.3 is 13.7 Å². The Morgan fingerprint density at radius 3 is 2.52 bits per heavy atom. The number of nitrogens with zero attached hydrogens (tertiary/aromatic N) is 5. The minimum Gasteiger partial charge on any atom is -0.468 e. The number of nitrogen functional groups attached to an aromatic ring is 1. The van der Waals surface area contributed by atoms with Crippen LogP contribution < -0.4 is 25.2 Å². The van der Waals surface area contributed by atoms with Gasteiger partial charge in [-0.2, -0.15) is 15.1 Å². The summed E-state index contributed by atoms with van der Waals surface area (Å²) in [4.78, 5) is 27.0. The Kier molecular flexibility index (Phi) is 9.20. The third-order valence-corrected chi connectivity index (χ3v) is 8.93. The maximum absolute atomic E-state index is 14.1. The lowest BCUT2D eigenvalue weighted by molar-refractivity contribution is -0.147. The Bertz CT molecular complexity index is 1700. The Morgan fingerprint density at radius 2 is 1.93 bits per heavy atom. The molecule has 3 unspecified atom stereocenters. The first-order valence-electron chi connectivity index (χ1n) is 12.6. The van der Waals surface area contributed by atoms with Crippen LogP contribution in [0.2, 0.25) is 5.02 Å². The van der Waals surface area contributed by atoms with Crippen LogP contribution in [-0.4, -0.2) is 88.1 Å². The van der Waals surface area contributed by atoms with E-state index in [-0.39, 0.29) is 28.7 Å². The molecular weight excluding hydrogens is 647 g/mol. The summed E-state index contributed by atoms with van der Waals surface area (Å²) in [6.07, 6.45) is -3.04. The fourth-order valence-electron chi connectivity index (χ4n) is 4.29. The van der Waals surface area contributed by atoms with Gasteiger partial charge in [-0.25, -0.2) is 18.0 Å². The van der Waals surface area contributed by atoms with Crippen molar-refractivity contribution >= 4 is 58.3 Å². The van der Waals surface area contributed by atoms with Gasteiger partial charge in [0.05, 0.1) is 19.7 Å². The summed E-state index contributed by atoms with van der Waals surface area (Å²) in [5.41, 5.74) is 2.15. The molecule has 0 radical (unpaired) electrons. The fourth-order valence-corrected chi connectivity index (χ4v) is 6.76. The second-order valence-corrected chi connectivity index (χ2v) is 14.3. The van der Waals surface area contributed by atoms with Crippen LogP contribution >= 0.6 is 19.3 Å². The number of hydrogen-bond acceptors (Lipinski definition) is 15. The summed E-state index contributed by atoms with van der Waals surface area (Å²) in [6.45, 7) is 3.94. The minimum absolute atomic E-state index is 0.0154. The fraction of sp³-hybridized carbons (Fsp3) is 0.478. The number of benzene rings is 1. The van der Waals surface area contributed by atoms with Crippen molar-refractivity contribution in [3.63, 3.8) is 0 Å². The number of fused-ring (bicyclic) bond motifs is 1. The van der Waals surface area contributed by atoms with E-state index in [9.17, 15) is 28.0 Å². The number of aromatic nitrogens is 4. The first-order valence-corrected chi connectivity index (χ1v) is 16.5. The molecule has 242 valence electrons. The zero-order valence-corrected chi connectivity index (χ0v) is 26.8. The molecule has 5 atom stereocenters. The molecule has 0 aliphatic carbocycles. The SMILES string of the molecule is COC(=O)C(C)(C)NP(=O)(Oc1ccc(Cl)cc1)OC1O[C@@H](n2cnc3c(N(C)NS(C)(=O)=O)nc(N)nc32)[C@](C)(O)C1O. The van der Waals surface area contributed by atoms with Crippen LogP contribution in [0.1, 0.15) is 27.0 Å². The van der Waals surface area contributed by atoms with Gasteiger partial charge in [0, 0.05) is 12.1 Å². The number of aliphatic hydroxyl groups excluding tert-OH is 1. The van der Waals surface area contributed by atoms with Crippen molar-refractivity contribution in [1.82, 2.24) is 29.4 Å². The van der Waals surface area contributed by atoms with Crippen LogP contribution in [0.3, 0.4) is 0 Å². The summed E-state index contributed by atoms with van der Waals surface area (Å²) >= 11 is 5.94. The lowest BCUT2D eigenvalue weighted by atomic mass is 9.99. The molecule has 0 bridgehead atoms. The van der Waals surface area contributed by atoms with Gasteiger partial charge in [0.25, 0.3) is 0 Å². The highest BCUT2D eigenvalue weighted by Gasteiger charge is 2.57. The molecule has 1 fully saturated rings. The molecule has 1 saturated heterocycles. The molecule has 18 nitrogen and oxygen atoms in total. The summed E-state index contributed by atoms with van der Waals surface area (Å²) in [5.74, 6) is -1.10. The number of imidazole rings is 1. The number of carbonyl (C=O) groups is 1. The monoisotopic (exact) mass is 678 g/mol. The van der Waals surface area contributed by atoms with Gasteiger partial charge in [-0.15, -0.1) is 4.83 Å². The van der Waals surface area contributed by atoms with Gasteiger partial charge in [-0.3, -0.25) is 18.9 Å². The second kappa shape index (κ2) is 12.0. The van der Waals surface area contributed by atoms with Crippen molar-refractivity contribution in [2.45, 2.75) is 50.5 Å². The number of ether oxygens (including phenoxy) is 2. The second-order valence-electron chi connectivity index (χ2n) is 10.6. The van der Waals surface area contributed by atoms with Crippen LogP contribution in [0.5, 0.6) is 5.75 Å². The maximum atomic E-state index is 14.1. The van der Waals surface area contributed by atoms with E-state index >= 15 is 0 Å². The first kappa shape index (κ1) is 33.8. The molecule has 1 aliphatic rings. The molecular formula is C23H32ClN8O10PS. The highest BCUT2D eigenvalue weighted by Crippen LogP contribution is 2.52. The Balaban J connectivity index is 1.70. The van der Waals surface area contributed by atoms with Crippen LogP contribution in [0, 0.1) is 0 Å². The molecule has 6 N–H and O–H groups in total. The van der Waals surface area contributed by atoms with Crippen molar-refractivity contribution in [3.8, 4) is 5.75 Å². The number of aliphatic hydroxyl groups is 2. The number of carbonyl (C=O) groups excluding carboxylic acids is 1. The third kappa shape index (κ3) is 7.06. The van der Waals surface area contributed by atoms with Gasteiger partial charge in [-0.1, -0.05) is 11.6 Å². The summed E-state index contributed by atoms with van der Waals surface area (Å²) in [5, 5.41) is 26.4. The van der Waals surface area contributed by atoms with Gasteiger partial charge in [0.2, 0.25) is 22.3 Å². The summed E-state index contributed by atoms with van der Waals surface area (Å²) < 4.78 is 60.8. The molecule has 4 rings (SSSR count). The molecule has 0 saturated carbocycles. The van der Waals surface area contributed by atoms with E-state index in [1.807, 2.05) is 0 Å². The Hall–Kier alpha value is -3.13. The molecule has 3 aromatic rings. The van der Waals surface area contributed by atoms with Crippen LogP contribution in [0.15, 0.2) is 30.6 Å². The molecule has 1 aliphatic heterocycles. The number of rotatable bonds is 11. The van der Waals surface area contributed by atoms with Gasteiger partial charge in [0.1, 0.15) is 23.0 Å². The Labute approximate surface area is 257 Å². The van der Waals surface area contributed by atoms with E-state index in [2.05, 4.69) is 24.9 Å². The van der Waals surface area contributed by atoms with Crippen LogP contribution in [0.25, 0.3) is 11.2 Å². The first-order chi connectivity index (χ1) is 20.3. The highest BCUT2D eigenvalue weighted by atomic mass is 35.5. The topological polar surface area (TPSA) is 243 Å². The zero-order valence-electron chi connectivity index (χ0n) is 24.3. The van der Waals surface area contributed by atoms with E-state index in [4.69, 9.17) is 35.9 Å². The molecule has 0 amide bonds. The number of hydrazine groups is 1. The van der Waals surface area contributed by atoms with Crippen LogP contribution in [0.4, 0.5) is 11.8 Å². The lowest BCUT2D eigenvalue weighted by Gasteiger charge is -2.30. The number of anilines is 2. The largest absolute Gasteiger partial charge is 0.468 e. The Morgan fingerprint density at radius 1 is 1.30 bits per heavy atom. The standard InChI is InChI=1S/C23H32ClN8O10PS/c1-22(2,20(34)39-5)29-43(36,41-13-9-7-12(24)8-10-13)42-18-15(33)23(3,35)19(40-18)32-11-26-14-16(27-21(25)28-17(14)32)31(4)30-44(6,37)38/h7-11,15,18-19,30,33,35H,1-6H3,(H,29,36)(H2,25,27,28)/t15?,18?,19-,23-,43?/m1/s1.